The summed E-state index contributed by atoms with van der Waals surface area (Å²) in [5.41, 5.74) is 3.92. The largest absolute Gasteiger partial charge is 0.291 e. The van der Waals surface area contributed by atoms with Crippen LogP contribution < -0.4 is 5.48 Å². The van der Waals surface area contributed by atoms with Gasteiger partial charge in [0, 0.05) is 4.47 Å². The first-order valence-corrected chi connectivity index (χ1v) is 3.69. The van der Waals surface area contributed by atoms with Gasteiger partial charge in [0.1, 0.15) is 0 Å². The molecular formula is C7H8BrNO. The molecular weight excluding hydrogens is 194 g/mol. The van der Waals surface area contributed by atoms with Crippen LogP contribution in [0, 0.1) is 6.92 Å². The third-order valence-corrected chi connectivity index (χ3v) is 1.90. The standard InChI is InChI=1S/C7H8BrNO/c1-5-2-3-7(9-10)6(8)4-5/h2-4,9-10H,1H3. The molecule has 0 spiro atoms. The molecule has 0 aliphatic carbocycles. The summed E-state index contributed by atoms with van der Waals surface area (Å²) in [4.78, 5) is 0. The van der Waals surface area contributed by atoms with Crippen molar-refractivity contribution in [3.8, 4) is 0 Å². The lowest BCUT2D eigenvalue weighted by molar-refractivity contribution is 0.388. The minimum atomic E-state index is 0.686. The van der Waals surface area contributed by atoms with Crippen LogP contribution in [0.4, 0.5) is 5.69 Å². The van der Waals surface area contributed by atoms with Crippen LogP contribution in [-0.4, -0.2) is 5.21 Å². The lowest BCUT2D eigenvalue weighted by atomic mass is 10.2. The third kappa shape index (κ3) is 1.49. The van der Waals surface area contributed by atoms with E-state index < -0.39 is 0 Å². The molecule has 0 radical (unpaired) electrons. The van der Waals surface area contributed by atoms with Gasteiger partial charge in [0.15, 0.2) is 0 Å². The molecule has 0 saturated carbocycles. The zero-order valence-electron chi connectivity index (χ0n) is 5.56. The third-order valence-electron chi connectivity index (χ3n) is 1.25. The Morgan fingerprint density at radius 1 is 1.50 bits per heavy atom. The zero-order chi connectivity index (χ0) is 7.56. The predicted octanol–water partition coefficient (Wildman–Crippen LogP) is 2.56. The molecule has 0 bridgehead atoms. The summed E-state index contributed by atoms with van der Waals surface area (Å²) in [7, 11) is 0. The van der Waals surface area contributed by atoms with Crippen LogP contribution in [0.15, 0.2) is 22.7 Å². The molecule has 0 aromatic heterocycles. The van der Waals surface area contributed by atoms with E-state index in [-0.39, 0.29) is 0 Å². The lowest BCUT2D eigenvalue weighted by Gasteiger charge is -2.01. The van der Waals surface area contributed by atoms with Crippen molar-refractivity contribution in [3.05, 3.63) is 28.2 Å². The number of hydrogen-bond acceptors (Lipinski definition) is 2. The van der Waals surface area contributed by atoms with Crippen LogP contribution in [0.1, 0.15) is 5.56 Å². The monoisotopic (exact) mass is 201 g/mol. The fourth-order valence-electron chi connectivity index (χ4n) is 0.711. The highest BCUT2D eigenvalue weighted by atomic mass is 79.9. The Hall–Kier alpha value is -0.540. The maximum absolute atomic E-state index is 8.53. The lowest BCUT2D eigenvalue weighted by Crippen LogP contribution is -1.89. The molecule has 0 fully saturated rings. The van der Waals surface area contributed by atoms with E-state index in [9.17, 15) is 0 Å². The van der Waals surface area contributed by atoms with Gasteiger partial charge in [0.25, 0.3) is 0 Å². The summed E-state index contributed by atoms with van der Waals surface area (Å²) in [5, 5.41) is 8.53. The Labute approximate surface area is 68.0 Å². The zero-order valence-corrected chi connectivity index (χ0v) is 7.14. The molecule has 0 heterocycles. The summed E-state index contributed by atoms with van der Waals surface area (Å²) in [5.74, 6) is 0. The molecule has 0 saturated heterocycles. The normalized spacial score (nSPS) is 9.50. The van der Waals surface area contributed by atoms with Gasteiger partial charge in [0.05, 0.1) is 5.69 Å². The molecule has 10 heavy (non-hydrogen) atoms. The van der Waals surface area contributed by atoms with Gasteiger partial charge in [-0.3, -0.25) is 10.7 Å². The Kier molecular flexibility index (Phi) is 2.29. The molecule has 2 N–H and O–H groups in total. The Morgan fingerprint density at radius 3 is 2.70 bits per heavy atom. The van der Waals surface area contributed by atoms with Gasteiger partial charge in [-0.2, -0.15) is 0 Å². The van der Waals surface area contributed by atoms with Gasteiger partial charge in [-0.1, -0.05) is 6.07 Å². The molecule has 0 aliphatic rings. The van der Waals surface area contributed by atoms with Crippen molar-refractivity contribution in [1.29, 1.82) is 0 Å². The highest BCUT2D eigenvalue weighted by molar-refractivity contribution is 9.10. The van der Waals surface area contributed by atoms with Gasteiger partial charge in [0.2, 0.25) is 0 Å². The number of halogens is 1. The van der Waals surface area contributed by atoms with Gasteiger partial charge in [-0.15, -0.1) is 0 Å². The van der Waals surface area contributed by atoms with Crippen LogP contribution in [0.3, 0.4) is 0 Å². The maximum atomic E-state index is 8.53. The summed E-state index contributed by atoms with van der Waals surface area (Å²) in [6.07, 6.45) is 0. The first-order chi connectivity index (χ1) is 4.74. The second-order valence-electron chi connectivity index (χ2n) is 2.10. The Bertz CT molecular complexity index is 237. The highest BCUT2D eigenvalue weighted by Crippen LogP contribution is 2.22. The van der Waals surface area contributed by atoms with Crippen LogP contribution in [0.2, 0.25) is 0 Å². The van der Waals surface area contributed by atoms with Crippen molar-refractivity contribution in [2.45, 2.75) is 6.92 Å². The van der Waals surface area contributed by atoms with Crippen LogP contribution in [-0.2, 0) is 0 Å². The first kappa shape index (κ1) is 7.57. The SMILES string of the molecule is Cc1ccc(NO)c(Br)c1. The van der Waals surface area contributed by atoms with Crippen molar-refractivity contribution in [2.75, 3.05) is 5.48 Å². The number of aryl methyl sites for hydroxylation is 1. The molecule has 54 valence electrons. The molecule has 0 amide bonds. The quantitative estimate of drug-likeness (QED) is 0.686. The van der Waals surface area contributed by atoms with Crippen LogP contribution in [0.5, 0.6) is 0 Å². The van der Waals surface area contributed by atoms with Crippen molar-refractivity contribution >= 4 is 21.6 Å². The second-order valence-corrected chi connectivity index (χ2v) is 2.95. The number of nitrogens with one attached hydrogen (secondary N) is 1. The van der Waals surface area contributed by atoms with E-state index in [4.69, 9.17) is 5.21 Å². The van der Waals surface area contributed by atoms with Gasteiger partial charge in [-0.25, -0.2) is 0 Å². The van der Waals surface area contributed by atoms with Crippen molar-refractivity contribution < 1.29 is 5.21 Å². The molecule has 1 rings (SSSR count). The maximum Gasteiger partial charge on any atom is 0.0744 e. The van der Waals surface area contributed by atoms with Gasteiger partial charge < -0.3 is 0 Å². The fourth-order valence-corrected chi connectivity index (χ4v) is 1.29. The Balaban J connectivity index is 3.07. The van der Waals surface area contributed by atoms with Gasteiger partial charge in [-0.05, 0) is 40.5 Å². The smallest absolute Gasteiger partial charge is 0.0744 e. The molecule has 0 unspecified atom stereocenters. The average Bonchev–Trinajstić information content (AvgIpc) is 1.88. The minimum absolute atomic E-state index is 0.686. The first-order valence-electron chi connectivity index (χ1n) is 2.90. The van der Waals surface area contributed by atoms with Crippen LogP contribution >= 0.6 is 15.9 Å². The number of anilines is 1. The number of benzene rings is 1. The molecule has 1 aromatic carbocycles. The van der Waals surface area contributed by atoms with E-state index >= 15 is 0 Å². The predicted molar refractivity (Wildman–Crippen MR) is 44.3 cm³/mol. The van der Waals surface area contributed by atoms with E-state index in [1.165, 1.54) is 0 Å². The van der Waals surface area contributed by atoms with Crippen molar-refractivity contribution in [2.24, 2.45) is 0 Å². The van der Waals surface area contributed by atoms with E-state index in [0.29, 0.717) is 5.69 Å². The fraction of sp³-hybridized carbons (Fsp3) is 0.143. The van der Waals surface area contributed by atoms with Crippen molar-refractivity contribution in [3.63, 3.8) is 0 Å². The molecule has 3 heteroatoms. The highest BCUT2D eigenvalue weighted by Gasteiger charge is 1.95. The summed E-state index contributed by atoms with van der Waals surface area (Å²) < 4.78 is 0.870. The molecule has 1 aromatic rings. The van der Waals surface area contributed by atoms with E-state index in [2.05, 4.69) is 21.4 Å². The number of rotatable bonds is 1. The van der Waals surface area contributed by atoms with E-state index in [1.807, 2.05) is 19.1 Å². The molecule has 0 atom stereocenters. The van der Waals surface area contributed by atoms with Crippen LogP contribution in [0.25, 0.3) is 0 Å². The summed E-state index contributed by atoms with van der Waals surface area (Å²) >= 11 is 3.28. The topological polar surface area (TPSA) is 32.3 Å². The molecule has 2 nitrogen and oxygen atoms in total. The number of hydrogen-bond donors (Lipinski definition) is 2. The van der Waals surface area contributed by atoms with E-state index in [1.54, 1.807) is 6.07 Å². The van der Waals surface area contributed by atoms with Crippen molar-refractivity contribution in [1.82, 2.24) is 0 Å². The summed E-state index contributed by atoms with van der Waals surface area (Å²) in [6, 6.07) is 5.65. The minimum Gasteiger partial charge on any atom is -0.291 e. The summed E-state index contributed by atoms with van der Waals surface area (Å²) in [6.45, 7) is 1.99. The molecule has 0 aliphatic heterocycles. The Morgan fingerprint density at radius 2 is 2.20 bits per heavy atom. The van der Waals surface area contributed by atoms with Gasteiger partial charge >= 0.3 is 0 Å². The average molecular weight is 202 g/mol. The second kappa shape index (κ2) is 3.03. The van der Waals surface area contributed by atoms with E-state index in [0.717, 1.165) is 10.0 Å².